The van der Waals surface area contributed by atoms with Crippen molar-refractivity contribution >= 4 is 7.85 Å². The van der Waals surface area contributed by atoms with Gasteiger partial charge in [-0.1, -0.05) is 77.5 Å². The molecule has 0 aliphatic carbocycles. The van der Waals surface area contributed by atoms with Gasteiger partial charge in [0.15, 0.2) is 0 Å². The number of unbranched alkanes of at least 4 members (excludes halogenated alkanes) is 6. The first-order chi connectivity index (χ1) is 6.06. The van der Waals surface area contributed by atoms with Crippen LogP contribution in [0, 0.1) is 0 Å². The average Bonchev–Trinajstić information content (AvgIpc) is 2.01. The van der Waals surface area contributed by atoms with E-state index in [1.54, 1.807) is 0 Å². The zero-order valence-electron chi connectivity index (χ0n) is 10.2. The first kappa shape index (κ1) is 13.1. The molecule has 0 spiro atoms. The van der Waals surface area contributed by atoms with Crippen LogP contribution in [0.15, 0.2) is 0 Å². The highest BCUT2D eigenvalue weighted by Gasteiger charge is 2.08. The highest BCUT2D eigenvalue weighted by atomic mass is 14.1. The predicted molar refractivity (Wildman–Crippen MR) is 65.2 cm³/mol. The molecular formula is C12H27B. The molecule has 0 aliphatic rings. The van der Waals surface area contributed by atoms with E-state index in [2.05, 4.69) is 28.6 Å². The third-order valence-electron chi connectivity index (χ3n) is 2.53. The summed E-state index contributed by atoms with van der Waals surface area (Å²) in [7, 11) is 2.34. The molecular weight excluding hydrogens is 155 g/mol. The van der Waals surface area contributed by atoms with Crippen LogP contribution in [0.2, 0.25) is 5.31 Å². The fraction of sp³-hybridized carbons (Fsp3) is 1.00. The second kappa shape index (κ2) is 7.47. The van der Waals surface area contributed by atoms with Crippen LogP contribution in [-0.2, 0) is 0 Å². The molecule has 0 rings (SSSR count). The van der Waals surface area contributed by atoms with Gasteiger partial charge in [-0.2, -0.15) is 0 Å². The molecule has 78 valence electrons. The van der Waals surface area contributed by atoms with Crippen LogP contribution in [0.5, 0.6) is 0 Å². The minimum Gasteiger partial charge on any atom is -0.0672 e. The van der Waals surface area contributed by atoms with Crippen LogP contribution in [0.4, 0.5) is 0 Å². The number of hydrogen-bond donors (Lipinski definition) is 0. The Morgan fingerprint density at radius 3 is 1.77 bits per heavy atom. The van der Waals surface area contributed by atoms with Gasteiger partial charge in [0.25, 0.3) is 0 Å². The maximum absolute atomic E-state index is 2.34. The molecule has 0 unspecified atom stereocenters. The van der Waals surface area contributed by atoms with Crippen LogP contribution in [0.25, 0.3) is 0 Å². The third kappa shape index (κ3) is 12.1. The van der Waals surface area contributed by atoms with Gasteiger partial charge >= 0.3 is 0 Å². The molecule has 13 heavy (non-hydrogen) atoms. The quantitative estimate of drug-likeness (QED) is 0.393. The largest absolute Gasteiger partial charge is 0.108 e. The van der Waals surface area contributed by atoms with Gasteiger partial charge in [0.05, 0.1) is 0 Å². The van der Waals surface area contributed by atoms with Gasteiger partial charge in [-0.15, -0.1) is 0 Å². The zero-order valence-corrected chi connectivity index (χ0v) is 10.2. The predicted octanol–water partition coefficient (Wildman–Crippen LogP) is 3.96. The minimum absolute atomic E-state index is 0.545. The smallest absolute Gasteiger partial charge is 0.0672 e. The summed E-state index contributed by atoms with van der Waals surface area (Å²) in [6.07, 6.45) is 11.4. The highest BCUT2D eigenvalue weighted by molar-refractivity contribution is 6.14. The van der Waals surface area contributed by atoms with Crippen molar-refractivity contribution in [3.05, 3.63) is 0 Å². The maximum Gasteiger partial charge on any atom is 0.108 e. The van der Waals surface area contributed by atoms with E-state index in [1.165, 1.54) is 51.4 Å². The molecule has 0 nitrogen and oxygen atoms in total. The summed E-state index contributed by atoms with van der Waals surface area (Å²) < 4.78 is 0. The van der Waals surface area contributed by atoms with Crippen LogP contribution < -0.4 is 0 Å². The second-order valence-corrected chi connectivity index (χ2v) is 5.43. The Balaban J connectivity index is 3.00. The molecule has 0 saturated heterocycles. The fourth-order valence-corrected chi connectivity index (χ4v) is 1.61. The molecule has 0 saturated carbocycles. The van der Waals surface area contributed by atoms with Gasteiger partial charge in [0.2, 0.25) is 0 Å². The van der Waals surface area contributed by atoms with Crippen molar-refractivity contribution in [3.8, 4) is 0 Å². The van der Waals surface area contributed by atoms with Crippen molar-refractivity contribution in [2.24, 2.45) is 0 Å². The van der Waals surface area contributed by atoms with E-state index in [0.29, 0.717) is 5.31 Å². The van der Waals surface area contributed by atoms with E-state index >= 15 is 0 Å². The van der Waals surface area contributed by atoms with E-state index in [0.717, 1.165) is 0 Å². The summed E-state index contributed by atoms with van der Waals surface area (Å²) in [5.74, 6) is 0. The van der Waals surface area contributed by atoms with Gasteiger partial charge in [-0.05, 0) is 0 Å². The molecule has 0 fully saturated rings. The Labute approximate surface area is 85.9 Å². The molecule has 0 N–H and O–H groups in total. The summed E-state index contributed by atoms with van der Waals surface area (Å²) in [5, 5.41) is 0.545. The standard InChI is InChI=1S/C12H27B/c1-4-5-6-7-8-9-10-11-12(2,3)13/h4-11,13H2,1-3H3. The van der Waals surface area contributed by atoms with Crippen LogP contribution in [0.1, 0.15) is 72.1 Å². The zero-order chi connectivity index (χ0) is 10.2. The van der Waals surface area contributed by atoms with Crippen LogP contribution >= 0.6 is 0 Å². The van der Waals surface area contributed by atoms with Crippen molar-refractivity contribution in [1.29, 1.82) is 0 Å². The van der Waals surface area contributed by atoms with E-state index in [9.17, 15) is 0 Å². The van der Waals surface area contributed by atoms with Crippen molar-refractivity contribution in [1.82, 2.24) is 0 Å². The van der Waals surface area contributed by atoms with E-state index < -0.39 is 0 Å². The maximum atomic E-state index is 2.34. The molecule has 0 aliphatic heterocycles. The third-order valence-corrected chi connectivity index (χ3v) is 2.53. The lowest BCUT2D eigenvalue weighted by molar-refractivity contribution is 0.524. The summed E-state index contributed by atoms with van der Waals surface area (Å²) in [6.45, 7) is 6.95. The lowest BCUT2D eigenvalue weighted by atomic mass is 9.69. The van der Waals surface area contributed by atoms with Gasteiger partial charge in [0, 0.05) is 0 Å². The van der Waals surface area contributed by atoms with Gasteiger partial charge in [0.1, 0.15) is 7.85 Å². The van der Waals surface area contributed by atoms with Gasteiger partial charge < -0.3 is 0 Å². The Hall–Kier alpha value is 0.0649. The van der Waals surface area contributed by atoms with E-state index in [1.807, 2.05) is 0 Å². The minimum atomic E-state index is 0.545. The first-order valence-electron chi connectivity index (χ1n) is 6.06. The van der Waals surface area contributed by atoms with E-state index in [4.69, 9.17) is 0 Å². The van der Waals surface area contributed by atoms with Gasteiger partial charge in [-0.25, -0.2) is 0 Å². The van der Waals surface area contributed by atoms with Crippen molar-refractivity contribution in [2.45, 2.75) is 77.5 Å². The number of hydrogen-bond acceptors (Lipinski definition) is 0. The topological polar surface area (TPSA) is 0 Å². The SMILES string of the molecule is BC(C)(C)CCCCCCCCC. The molecule has 0 aromatic carbocycles. The average molecular weight is 182 g/mol. The lowest BCUT2D eigenvalue weighted by Crippen LogP contribution is -2.01. The van der Waals surface area contributed by atoms with Crippen LogP contribution in [0.3, 0.4) is 0 Å². The molecule has 0 radical (unpaired) electrons. The highest BCUT2D eigenvalue weighted by Crippen LogP contribution is 2.26. The molecule has 0 aromatic rings. The van der Waals surface area contributed by atoms with Gasteiger partial charge in [-0.3, -0.25) is 0 Å². The molecule has 0 bridgehead atoms. The van der Waals surface area contributed by atoms with Crippen molar-refractivity contribution in [3.63, 3.8) is 0 Å². The molecule has 0 atom stereocenters. The van der Waals surface area contributed by atoms with Crippen molar-refractivity contribution in [2.75, 3.05) is 0 Å². The Bertz CT molecular complexity index is 102. The molecule has 0 heterocycles. The summed E-state index contributed by atoms with van der Waals surface area (Å²) in [4.78, 5) is 0. The fourth-order valence-electron chi connectivity index (χ4n) is 1.61. The summed E-state index contributed by atoms with van der Waals surface area (Å²) in [6, 6.07) is 0. The van der Waals surface area contributed by atoms with Crippen molar-refractivity contribution < 1.29 is 0 Å². The second-order valence-electron chi connectivity index (χ2n) is 5.43. The van der Waals surface area contributed by atoms with E-state index in [-0.39, 0.29) is 0 Å². The van der Waals surface area contributed by atoms with Crippen LogP contribution in [-0.4, -0.2) is 7.85 Å². The Morgan fingerprint density at radius 2 is 1.31 bits per heavy atom. The molecule has 0 aromatic heterocycles. The summed E-state index contributed by atoms with van der Waals surface area (Å²) >= 11 is 0. The normalized spacial score (nSPS) is 11.9. The Kier molecular flexibility index (Phi) is 7.50. The monoisotopic (exact) mass is 182 g/mol. The first-order valence-corrected chi connectivity index (χ1v) is 6.06. The number of rotatable bonds is 8. The Morgan fingerprint density at radius 1 is 0.846 bits per heavy atom. The summed E-state index contributed by atoms with van der Waals surface area (Å²) in [5.41, 5.74) is 0. The molecule has 0 amide bonds. The molecule has 1 heteroatoms. The lowest BCUT2D eigenvalue weighted by Gasteiger charge is -2.17.